The van der Waals surface area contributed by atoms with Crippen molar-refractivity contribution < 1.29 is 0 Å². The molecule has 0 aliphatic heterocycles. The zero-order valence-corrected chi connectivity index (χ0v) is 13.8. The third kappa shape index (κ3) is 1.87. The van der Waals surface area contributed by atoms with Crippen LogP contribution < -0.4 is 0 Å². The number of fused-ring (bicyclic) bond motifs is 5. The van der Waals surface area contributed by atoms with E-state index in [4.69, 9.17) is 23.2 Å². The van der Waals surface area contributed by atoms with Crippen molar-refractivity contribution in [2.24, 2.45) is 29.1 Å². The summed E-state index contributed by atoms with van der Waals surface area (Å²) < 4.78 is 0. The molecule has 4 rings (SSSR count). The van der Waals surface area contributed by atoms with Crippen LogP contribution in [-0.4, -0.2) is 0 Å². The van der Waals surface area contributed by atoms with Gasteiger partial charge in [0.15, 0.2) is 0 Å². The summed E-state index contributed by atoms with van der Waals surface area (Å²) in [5.74, 6) is 3.07. The Morgan fingerprint density at radius 3 is 2.80 bits per heavy atom. The number of hydrogen-bond acceptors (Lipinski definition) is 0. The summed E-state index contributed by atoms with van der Waals surface area (Å²) in [4.78, 5) is 0. The van der Waals surface area contributed by atoms with Crippen LogP contribution in [0.3, 0.4) is 0 Å². The summed E-state index contributed by atoms with van der Waals surface area (Å²) in [5, 5.41) is 2.05. The first-order chi connectivity index (χ1) is 9.60. The molecule has 0 N–H and O–H groups in total. The van der Waals surface area contributed by atoms with Crippen LogP contribution in [0.2, 0.25) is 0 Å². The molecular formula is C18H24Cl2. The molecule has 110 valence electrons. The average molecular weight is 311 g/mol. The normalized spacial score (nSPS) is 47.5. The highest BCUT2D eigenvalue weighted by atomic mass is 35.5. The average Bonchev–Trinajstić information content (AvgIpc) is 2.81. The van der Waals surface area contributed by atoms with Crippen LogP contribution in [0.25, 0.3) is 0 Å². The van der Waals surface area contributed by atoms with Crippen LogP contribution >= 0.6 is 23.2 Å². The summed E-state index contributed by atoms with van der Waals surface area (Å²) in [6.45, 7) is 2.53. The van der Waals surface area contributed by atoms with E-state index in [1.54, 1.807) is 0 Å². The lowest BCUT2D eigenvalue weighted by molar-refractivity contribution is 0.0388. The van der Waals surface area contributed by atoms with E-state index in [2.05, 4.69) is 13.0 Å². The molecule has 0 nitrogen and oxygen atoms in total. The minimum Gasteiger partial charge on any atom is -0.0888 e. The SMILES string of the molecule is C[C@@]12CCC[C@H]1[C@@H]1C=C(Cl)C3=C(Cl)CCC[C@@H]3[C@H]1CC2. The third-order valence-electron chi connectivity index (χ3n) is 6.85. The quantitative estimate of drug-likeness (QED) is 0.496. The van der Waals surface area contributed by atoms with E-state index in [0.29, 0.717) is 11.3 Å². The molecule has 2 saturated carbocycles. The lowest BCUT2D eigenvalue weighted by Gasteiger charge is -2.51. The van der Waals surface area contributed by atoms with Crippen LogP contribution in [0.15, 0.2) is 21.7 Å². The molecule has 0 bridgehead atoms. The van der Waals surface area contributed by atoms with Crippen molar-refractivity contribution in [2.75, 3.05) is 0 Å². The predicted octanol–water partition coefficient (Wildman–Crippen LogP) is 6.25. The van der Waals surface area contributed by atoms with Gasteiger partial charge < -0.3 is 0 Å². The highest BCUT2D eigenvalue weighted by Crippen LogP contribution is 2.62. The van der Waals surface area contributed by atoms with Gasteiger partial charge in [-0.15, -0.1) is 0 Å². The van der Waals surface area contributed by atoms with Gasteiger partial charge in [0.1, 0.15) is 0 Å². The number of rotatable bonds is 0. The molecule has 2 heteroatoms. The minimum atomic E-state index is 0.592. The smallest absolute Gasteiger partial charge is 0.0415 e. The summed E-state index contributed by atoms with van der Waals surface area (Å²) in [6.07, 6.45) is 13.1. The summed E-state index contributed by atoms with van der Waals surface area (Å²) >= 11 is 13.2. The maximum Gasteiger partial charge on any atom is 0.0415 e. The van der Waals surface area contributed by atoms with Crippen LogP contribution in [0.1, 0.15) is 58.3 Å². The molecule has 4 aliphatic carbocycles. The number of allylic oxidation sites excluding steroid dienone is 4. The van der Waals surface area contributed by atoms with E-state index in [1.807, 2.05) is 0 Å². The zero-order chi connectivity index (χ0) is 13.9. The van der Waals surface area contributed by atoms with E-state index < -0.39 is 0 Å². The largest absolute Gasteiger partial charge is 0.0888 e. The molecule has 0 spiro atoms. The van der Waals surface area contributed by atoms with E-state index in [-0.39, 0.29) is 0 Å². The Kier molecular flexibility index (Phi) is 3.28. The van der Waals surface area contributed by atoms with Crippen molar-refractivity contribution in [3.8, 4) is 0 Å². The van der Waals surface area contributed by atoms with Gasteiger partial charge >= 0.3 is 0 Å². The molecule has 5 atom stereocenters. The van der Waals surface area contributed by atoms with Gasteiger partial charge in [-0.2, -0.15) is 0 Å². The molecule has 20 heavy (non-hydrogen) atoms. The second-order valence-electron chi connectivity index (χ2n) is 7.76. The molecule has 0 aromatic rings. The Hall–Kier alpha value is 0.0600. The monoisotopic (exact) mass is 310 g/mol. The summed E-state index contributed by atoms with van der Waals surface area (Å²) in [6, 6.07) is 0. The second kappa shape index (κ2) is 4.78. The Balaban J connectivity index is 1.77. The van der Waals surface area contributed by atoms with Crippen LogP contribution in [0.4, 0.5) is 0 Å². The lowest BCUT2D eigenvalue weighted by Crippen LogP contribution is -2.43. The fraction of sp³-hybridized carbons (Fsp3) is 0.778. The molecule has 0 aromatic carbocycles. The van der Waals surface area contributed by atoms with Gasteiger partial charge in [-0.25, -0.2) is 0 Å². The Bertz CT molecular complexity index is 490. The number of hydrogen-bond donors (Lipinski definition) is 0. The van der Waals surface area contributed by atoms with Gasteiger partial charge in [0.25, 0.3) is 0 Å². The Morgan fingerprint density at radius 2 is 1.95 bits per heavy atom. The van der Waals surface area contributed by atoms with Crippen LogP contribution in [-0.2, 0) is 0 Å². The van der Waals surface area contributed by atoms with Gasteiger partial charge in [0.2, 0.25) is 0 Å². The van der Waals surface area contributed by atoms with E-state index in [0.717, 1.165) is 34.2 Å². The zero-order valence-electron chi connectivity index (χ0n) is 12.3. The molecule has 0 aromatic heterocycles. The molecule has 2 fully saturated rings. The first-order valence-electron chi connectivity index (χ1n) is 8.36. The number of halogens is 2. The van der Waals surface area contributed by atoms with Crippen molar-refractivity contribution >= 4 is 23.2 Å². The third-order valence-corrected chi connectivity index (χ3v) is 7.58. The molecule has 0 unspecified atom stereocenters. The first-order valence-corrected chi connectivity index (χ1v) is 9.12. The van der Waals surface area contributed by atoms with Crippen molar-refractivity contribution in [3.63, 3.8) is 0 Å². The van der Waals surface area contributed by atoms with E-state index >= 15 is 0 Å². The van der Waals surface area contributed by atoms with Gasteiger partial charge in [0.05, 0.1) is 0 Å². The van der Waals surface area contributed by atoms with Gasteiger partial charge in [0, 0.05) is 10.1 Å². The van der Waals surface area contributed by atoms with Crippen molar-refractivity contribution in [3.05, 3.63) is 21.7 Å². The van der Waals surface area contributed by atoms with Crippen LogP contribution in [0, 0.1) is 29.1 Å². The maximum atomic E-state index is 6.66. The maximum absolute atomic E-state index is 6.66. The molecular weight excluding hydrogens is 287 g/mol. The second-order valence-corrected chi connectivity index (χ2v) is 8.63. The molecule has 0 amide bonds. The fourth-order valence-electron chi connectivity index (χ4n) is 5.87. The molecule has 0 saturated heterocycles. The van der Waals surface area contributed by atoms with Crippen molar-refractivity contribution in [1.82, 2.24) is 0 Å². The van der Waals surface area contributed by atoms with Crippen LogP contribution in [0.5, 0.6) is 0 Å². The lowest BCUT2D eigenvalue weighted by atomic mass is 9.54. The first kappa shape index (κ1) is 13.7. The van der Waals surface area contributed by atoms with Gasteiger partial charge in [-0.3, -0.25) is 0 Å². The van der Waals surface area contributed by atoms with E-state index in [9.17, 15) is 0 Å². The highest BCUT2D eigenvalue weighted by Gasteiger charge is 2.52. The standard InChI is InChI=1S/C18H24Cl2/c1-18-8-3-5-14(18)13-10-16(20)17-12(11(13)7-9-18)4-2-6-15(17)19/h10-14H,2-9H2,1H3/t11-,12-,13-,14+,18+/m1/s1. The fourth-order valence-corrected chi connectivity index (χ4v) is 6.70. The van der Waals surface area contributed by atoms with Crippen molar-refractivity contribution in [2.45, 2.75) is 58.3 Å². The van der Waals surface area contributed by atoms with Gasteiger partial charge in [-0.05, 0) is 79.6 Å². The summed E-state index contributed by atoms with van der Waals surface area (Å²) in [5.41, 5.74) is 1.91. The minimum absolute atomic E-state index is 0.592. The topological polar surface area (TPSA) is 0 Å². The molecule has 0 heterocycles. The predicted molar refractivity (Wildman–Crippen MR) is 85.8 cm³/mol. The summed E-state index contributed by atoms with van der Waals surface area (Å²) in [7, 11) is 0. The van der Waals surface area contributed by atoms with Crippen molar-refractivity contribution in [1.29, 1.82) is 0 Å². The Morgan fingerprint density at radius 1 is 1.10 bits per heavy atom. The van der Waals surface area contributed by atoms with Gasteiger partial charge in [-0.1, -0.05) is 42.6 Å². The van der Waals surface area contributed by atoms with E-state index in [1.165, 1.54) is 50.5 Å². The molecule has 0 radical (unpaired) electrons. The molecule has 4 aliphatic rings. The Labute approximate surface area is 132 Å². The highest BCUT2D eigenvalue weighted by molar-refractivity contribution is 6.35.